The van der Waals surface area contributed by atoms with Crippen molar-refractivity contribution in [1.82, 2.24) is 9.97 Å². The molecule has 2 rings (SSSR count). The van der Waals surface area contributed by atoms with Gasteiger partial charge in [-0.1, -0.05) is 20.8 Å². The number of pyridine rings is 2. The Morgan fingerprint density at radius 1 is 1.11 bits per heavy atom. The van der Waals surface area contributed by atoms with Crippen molar-refractivity contribution in [3.63, 3.8) is 0 Å². The molecule has 2 aromatic rings. The Bertz CT molecular complexity index is 791. The summed E-state index contributed by atoms with van der Waals surface area (Å²) in [6.07, 6.45) is -2.53. The van der Waals surface area contributed by atoms with Gasteiger partial charge in [-0.2, -0.15) is 13.2 Å². The van der Waals surface area contributed by atoms with Crippen LogP contribution >= 0.6 is 0 Å². The van der Waals surface area contributed by atoms with Crippen molar-refractivity contribution in [3.8, 4) is 11.3 Å². The number of halogens is 4. The van der Waals surface area contributed by atoms with Crippen molar-refractivity contribution in [3.05, 3.63) is 42.1 Å². The smallest absolute Gasteiger partial charge is 0.358 e. The fourth-order valence-corrected chi connectivity index (χ4v) is 2.34. The van der Waals surface area contributed by atoms with Gasteiger partial charge in [0, 0.05) is 11.8 Å². The maximum Gasteiger partial charge on any atom is 0.435 e. The van der Waals surface area contributed by atoms with Crippen molar-refractivity contribution in [1.29, 1.82) is 0 Å². The van der Waals surface area contributed by atoms with E-state index in [9.17, 15) is 17.6 Å². The van der Waals surface area contributed by atoms with Crippen LogP contribution in [0.15, 0.2) is 30.6 Å². The zero-order chi connectivity index (χ0) is 20.9. The minimum atomic E-state index is -4.74. The van der Waals surface area contributed by atoms with Crippen molar-refractivity contribution >= 4 is 5.69 Å². The average Bonchev–Trinajstić information content (AvgIpc) is 2.59. The molecule has 154 valence electrons. The number of alkyl halides is 3. The molecule has 0 saturated heterocycles. The molecule has 0 aliphatic carbocycles. The van der Waals surface area contributed by atoms with Gasteiger partial charge in [0.25, 0.3) is 0 Å². The molecule has 0 fully saturated rings. The number of anilines is 1. The van der Waals surface area contributed by atoms with Gasteiger partial charge in [0.1, 0.15) is 12.5 Å². The Balaban J connectivity index is 2.40. The molecule has 0 aromatic carbocycles. The van der Waals surface area contributed by atoms with E-state index in [4.69, 9.17) is 9.57 Å². The third-order valence-electron chi connectivity index (χ3n) is 3.44. The first kappa shape index (κ1) is 22.0. The van der Waals surface area contributed by atoms with Gasteiger partial charge in [0.05, 0.1) is 30.8 Å². The molecule has 0 radical (unpaired) electrons. The molecule has 0 saturated carbocycles. The van der Waals surface area contributed by atoms with Gasteiger partial charge in [-0.15, -0.1) is 0 Å². The van der Waals surface area contributed by atoms with Gasteiger partial charge in [-0.3, -0.25) is 9.82 Å². The Morgan fingerprint density at radius 3 is 2.39 bits per heavy atom. The van der Waals surface area contributed by atoms with Crippen LogP contribution < -0.4 is 5.06 Å². The highest BCUT2D eigenvalue weighted by Gasteiger charge is 2.38. The van der Waals surface area contributed by atoms with Crippen LogP contribution in [0.4, 0.5) is 23.2 Å². The largest absolute Gasteiger partial charge is 0.435 e. The van der Waals surface area contributed by atoms with Gasteiger partial charge in [0.2, 0.25) is 0 Å². The summed E-state index contributed by atoms with van der Waals surface area (Å²) in [5.74, 6) is -0.663. The van der Waals surface area contributed by atoms with E-state index in [1.807, 2.05) is 20.8 Å². The lowest BCUT2D eigenvalue weighted by Crippen LogP contribution is -2.31. The van der Waals surface area contributed by atoms with Gasteiger partial charge in [-0.25, -0.2) is 14.4 Å². The molecule has 0 unspecified atom stereocenters. The highest BCUT2D eigenvalue weighted by atomic mass is 19.4. The lowest BCUT2D eigenvalue weighted by atomic mass is 9.99. The summed E-state index contributed by atoms with van der Waals surface area (Å²) in [7, 11) is 0. The summed E-state index contributed by atoms with van der Waals surface area (Å²) in [6.45, 7) is 7.78. The number of hydrogen-bond acceptors (Lipinski definition) is 5. The van der Waals surface area contributed by atoms with Gasteiger partial charge >= 0.3 is 6.18 Å². The van der Waals surface area contributed by atoms with Crippen LogP contribution in [0, 0.1) is 11.2 Å². The van der Waals surface area contributed by atoms with Crippen molar-refractivity contribution < 1.29 is 27.1 Å². The van der Waals surface area contributed by atoms with E-state index in [0.29, 0.717) is 6.61 Å². The predicted octanol–water partition coefficient (Wildman–Crippen LogP) is 5.08. The lowest BCUT2D eigenvalue weighted by Gasteiger charge is -2.27. The van der Waals surface area contributed by atoms with E-state index in [2.05, 4.69) is 9.97 Å². The topological polar surface area (TPSA) is 47.5 Å². The highest BCUT2D eigenvalue weighted by Crippen LogP contribution is 2.37. The molecule has 5 nitrogen and oxygen atoms in total. The van der Waals surface area contributed by atoms with Crippen LogP contribution in [0.3, 0.4) is 0 Å². The van der Waals surface area contributed by atoms with Crippen LogP contribution in [-0.4, -0.2) is 29.9 Å². The van der Waals surface area contributed by atoms with Crippen molar-refractivity contribution in [2.45, 2.75) is 33.9 Å². The van der Waals surface area contributed by atoms with E-state index in [-0.39, 0.29) is 35.7 Å². The third-order valence-corrected chi connectivity index (χ3v) is 3.44. The summed E-state index contributed by atoms with van der Waals surface area (Å²) < 4.78 is 59.9. The molecule has 28 heavy (non-hydrogen) atoms. The number of rotatable bonds is 7. The molecular weight excluding hydrogens is 378 g/mol. The first-order valence-corrected chi connectivity index (χ1v) is 8.68. The fourth-order valence-electron chi connectivity index (χ4n) is 2.34. The van der Waals surface area contributed by atoms with E-state index >= 15 is 0 Å². The minimum Gasteiger partial charge on any atom is -0.358 e. The molecule has 0 bridgehead atoms. The second-order valence-corrected chi connectivity index (χ2v) is 7.29. The Hall–Kier alpha value is -2.26. The Labute approximate surface area is 161 Å². The van der Waals surface area contributed by atoms with Crippen LogP contribution in [-0.2, 0) is 15.8 Å². The van der Waals surface area contributed by atoms with Crippen LogP contribution in [0.2, 0.25) is 0 Å². The van der Waals surface area contributed by atoms with Crippen molar-refractivity contribution in [2.24, 2.45) is 5.41 Å². The minimum absolute atomic E-state index is 0.0462. The summed E-state index contributed by atoms with van der Waals surface area (Å²) in [5, 5.41) is 1.02. The third kappa shape index (κ3) is 6.13. The second-order valence-electron chi connectivity index (χ2n) is 7.29. The normalized spacial score (nSPS) is 12.3. The first-order chi connectivity index (χ1) is 13.0. The maximum atomic E-state index is 13.7. The molecule has 9 heteroatoms. The molecule has 0 spiro atoms. The van der Waals surface area contributed by atoms with Crippen molar-refractivity contribution in [2.75, 3.05) is 25.0 Å². The fraction of sp³-hybridized carbons (Fsp3) is 0.474. The number of hydrogen-bond donors (Lipinski definition) is 0. The molecule has 0 aliphatic rings. The van der Waals surface area contributed by atoms with Crippen LogP contribution in [0.5, 0.6) is 0 Å². The Kier molecular flexibility index (Phi) is 6.95. The van der Waals surface area contributed by atoms with E-state index < -0.39 is 17.7 Å². The van der Waals surface area contributed by atoms with E-state index in [0.717, 1.165) is 17.3 Å². The van der Waals surface area contributed by atoms with Crippen LogP contribution in [0.1, 0.15) is 33.4 Å². The monoisotopic (exact) mass is 401 g/mol. The van der Waals surface area contributed by atoms with Gasteiger partial charge in [0.15, 0.2) is 5.69 Å². The SMILES string of the molecule is CCON(COCC(C)(C)C)c1ccc(-c2cncc(F)c2)nc1C(F)(F)F. The molecule has 2 aromatic heterocycles. The zero-order valence-electron chi connectivity index (χ0n) is 16.2. The maximum absolute atomic E-state index is 13.7. The van der Waals surface area contributed by atoms with Gasteiger partial charge < -0.3 is 4.74 Å². The second kappa shape index (κ2) is 8.83. The quantitative estimate of drug-likeness (QED) is 0.368. The molecule has 2 heterocycles. The Morgan fingerprint density at radius 2 is 1.82 bits per heavy atom. The molecule has 0 amide bonds. The standard InChI is InChI=1S/C19H23F4N3O2/c1-5-28-26(12-27-11-18(2,3)4)16-7-6-15(25-17(16)19(21,22)23)13-8-14(20)10-24-9-13/h6-10H,5,11-12H2,1-4H3. The predicted molar refractivity (Wildman–Crippen MR) is 96.8 cm³/mol. The van der Waals surface area contributed by atoms with E-state index in [1.165, 1.54) is 18.3 Å². The molecular formula is C19H23F4N3O2. The van der Waals surface area contributed by atoms with Crippen LogP contribution in [0.25, 0.3) is 11.3 Å². The summed E-state index contributed by atoms with van der Waals surface area (Å²) in [6, 6.07) is 3.66. The molecule has 0 N–H and O–H groups in total. The van der Waals surface area contributed by atoms with Gasteiger partial charge in [-0.05, 0) is 30.5 Å². The number of hydroxylamine groups is 1. The summed E-state index contributed by atoms with van der Waals surface area (Å²) in [5.41, 5.74) is -1.49. The molecule has 0 aliphatic heterocycles. The summed E-state index contributed by atoms with van der Waals surface area (Å²) >= 11 is 0. The summed E-state index contributed by atoms with van der Waals surface area (Å²) in [4.78, 5) is 12.7. The average molecular weight is 401 g/mol. The highest BCUT2D eigenvalue weighted by molar-refractivity contribution is 5.62. The lowest BCUT2D eigenvalue weighted by molar-refractivity contribution is -0.141. The number of ether oxygens (including phenoxy) is 1. The number of aromatic nitrogens is 2. The van der Waals surface area contributed by atoms with E-state index in [1.54, 1.807) is 6.92 Å². The first-order valence-electron chi connectivity index (χ1n) is 8.68. The number of nitrogens with zero attached hydrogens (tertiary/aromatic N) is 3. The molecule has 0 atom stereocenters. The zero-order valence-corrected chi connectivity index (χ0v) is 16.2.